The molecule has 0 radical (unpaired) electrons. The smallest absolute Gasteiger partial charge is 0.241 e. The third-order valence-corrected chi connectivity index (χ3v) is 4.35. The van der Waals surface area contributed by atoms with Gasteiger partial charge in [0.1, 0.15) is 0 Å². The van der Waals surface area contributed by atoms with Gasteiger partial charge in [-0.3, -0.25) is 15.0 Å². The maximum Gasteiger partial charge on any atom is 0.241 e. The largest absolute Gasteiger partial charge is 0.379 e. The number of morpholine rings is 1. The zero-order valence-corrected chi connectivity index (χ0v) is 13.1. The lowest BCUT2D eigenvalue weighted by molar-refractivity contribution is -0.132. The van der Waals surface area contributed by atoms with Gasteiger partial charge in [-0.25, -0.2) is 0 Å². The molecular weight excluding hydrogens is 254 g/mol. The number of amides is 1. The van der Waals surface area contributed by atoms with E-state index in [9.17, 15) is 4.79 Å². The summed E-state index contributed by atoms with van der Waals surface area (Å²) >= 11 is 0. The van der Waals surface area contributed by atoms with Crippen LogP contribution in [0.4, 0.5) is 0 Å². The fraction of sp³-hybridized carbons (Fsp3) is 0.933. The summed E-state index contributed by atoms with van der Waals surface area (Å²) in [4.78, 5) is 17.0. The minimum atomic E-state index is 0.0127. The molecule has 2 heterocycles. The lowest BCUT2D eigenvalue weighted by atomic mass is 10.2. The molecule has 5 nitrogen and oxygen atoms in total. The Morgan fingerprint density at radius 3 is 2.65 bits per heavy atom. The Balaban J connectivity index is 1.97. The van der Waals surface area contributed by atoms with E-state index in [2.05, 4.69) is 35.9 Å². The summed E-state index contributed by atoms with van der Waals surface area (Å²) in [7, 11) is 0. The van der Waals surface area contributed by atoms with E-state index in [1.807, 2.05) is 0 Å². The second kappa shape index (κ2) is 7.38. The number of carbonyl (C=O) groups excluding carboxylic acids is 1. The molecule has 2 fully saturated rings. The van der Waals surface area contributed by atoms with Crippen molar-refractivity contribution in [2.24, 2.45) is 0 Å². The Morgan fingerprint density at radius 2 is 2.05 bits per heavy atom. The number of hydrogen-bond donors (Lipinski definition) is 1. The zero-order valence-electron chi connectivity index (χ0n) is 13.1. The molecular formula is C15H29N3O2. The first-order valence-electron chi connectivity index (χ1n) is 8.05. The third kappa shape index (κ3) is 3.51. The second-order valence-corrected chi connectivity index (χ2v) is 5.94. The molecule has 1 N–H and O–H groups in total. The Bertz CT molecular complexity index is 318. The molecule has 0 saturated carbocycles. The number of hydrogen-bond acceptors (Lipinski definition) is 4. The normalized spacial score (nSPS) is 29.9. The molecule has 1 amide bonds. The highest BCUT2D eigenvalue weighted by atomic mass is 16.5. The monoisotopic (exact) mass is 283 g/mol. The van der Waals surface area contributed by atoms with E-state index in [1.54, 1.807) is 0 Å². The van der Waals surface area contributed by atoms with Crippen LogP contribution in [-0.2, 0) is 9.53 Å². The number of ether oxygens (including phenoxy) is 1. The highest BCUT2D eigenvalue weighted by Crippen LogP contribution is 2.20. The van der Waals surface area contributed by atoms with Crippen molar-refractivity contribution in [3.63, 3.8) is 0 Å². The highest BCUT2D eigenvalue weighted by molar-refractivity contribution is 5.84. The Labute approximate surface area is 122 Å². The molecule has 5 heteroatoms. The van der Waals surface area contributed by atoms with Gasteiger partial charge in [0.2, 0.25) is 5.91 Å². The van der Waals surface area contributed by atoms with E-state index in [0.29, 0.717) is 0 Å². The van der Waals surface area contributed by atoms with Crippen molar-refractivity contribution in [1.29, 1.82) is 0 Å². The summed E-state index contributed by atoms with van der Waals surface area (Å²) < 4.78 is 5.39. The summed E-state index contributed by atoms with van der Waals surface area (Å²) in [6, 6.07) is 0.278. The average Bonchev–Trinajstić information content (AvgIpc) is 2.76. The number of nitrogens with zero attached hydrogens (tertiary/aromatic N) is 2. The molecule has 0 aromatic carbocycles. The van der Waals surface area contributed by atoms with Gasteiger partial charge in [-0.2, -0.15) is 0 Å². The molecule has 0 spiro atoms. The first-order chi connectivity index (χ1) is 9.67. The van der Waals surface area contributed by atoms with Gasteiger partial charge in [-0.05, 0) is 19.8 Å². The molecule has 0 aromatic rings. The number of rotatable bonds is 6. The molecule has 3 unspecified atom stereocenters. The zero-order chi connectivity index (χ0) is 14.5. The molecule has 20 heavy (non-hydrogen) atoms. The van der Waals surface area contributed by atoms with E-state index in [-0.39, 0.29) is 24.2 Å². The van der Waals surface area contributed by atoms with Gasteiger partial charge in [-0.1, -0.05) is 20.3 Å². The minimum absolute atomic E-state index is 0.0127. The lowest BCUT2D eigenvalue weighted by Gasteiger charge is -2.35. The van der Waals surface area contributed by atoms with E-state index in [0.717, 1.165) is 52.1 Å². The Hall–Kier alpha value is -0.650. The van der Waals surface area contributed by atoms with Gasteiger partial charge in [0.25, 0.3) is 0 Å². The number of nitrogens with one attached hydrogen (secondary N) is 1. The first-order valence-corrected chi connectivity index (χ1v) is 8.05. The van der Waals surface area contributed by atoms with Crippen molar-refractivity contribution >= 4 is 5.91 Å². The van der Waals surface area contributed by atoms with Crippen molar-refractivity contribution in [2.45, 2.75) is 58.3 Å². The van der Waals surface area contributed by atoms with Crippen molar-refractivity contribution in [3.05, 3.63) is 0 Å². The van der Waals surface area contributed by atoms with Gasteiger partial charge in [0.05, 0.1) is 25.4 Å². The molecule has 116 valence electrons. The summed E-state index contributed by atoms with van der Waals surface area (Å²) in [5.74, 6) is 0.284. The summed E-state index contributed by atoms with van der Waals surface area (Å²) in [5.41, 5.74) is 0. The van der Waals surface area contributed by atoms with Gasteiger partial charge in [0.15, 0.2) is 0 Å². The van der Waals surface area contributed by atoms with E-state index < -0.39 is 0 Å². The van der Waals surface area contributed by atoms with E-state index >= 15 is 0 Å². The predicted octanol–water partition coefficient (Wildman–Crippen LogP) is 1.04. The third-order valence-electron chi connectivity index (χ3n) is 4.35. The average molecular weight is 283 g/mol. The standard InChI is InChI=1S/C15H29N3O2/c1-4-6-14-16-13(5-2)15(19)18(14)12(3)11-17-7-9-20-10-8-17/h12-14,16H,4-11H2,1-3H3. The molecule has 3 atom stereocenters. The SMILES string of the molecule is CCCC1NC(CC)C(=O)N1C(C)CN1CCOCC1. The maximum absolute atomic E-state index is 12.5. The Kier molecular flexibility index (Phi) is 5.81. The first kappa shape index (κ1) is 15.7. The van der Waals surface area contributed by atoms with E-state index in [1.165, 1.54) is 0 Å². The molecule has 2 rings (SSSR count). The van der Waals surface area contributed by atoms with Gasteiger partial charge < -0.3 is 9.64 Å². The molecule has 0 bridgehead atoms. The van der Waals surface area contributed by atoms with Crippen molar-refractivity contribution in [1.82, 2.24) is 15.1 Å². The molecule has 0 aliphatic carbocycles. The van der Waals surface area contributed by atoms with Crippen LogP contribution in [0.5, 0.6) is 0 Å². The van der Waals surface area contributed by atoms with Crippen LogP contribution < -0.4 is 5.32 Å². The maximum atomic E-state index is 12.5. The van der Waals surface area contributed by atoms with Crippen LogP contribution in [-0.4, -0.2) is 66.8 Å². The molecule has 2 aliphatic heterocycles. The van der Waals surface area contributed by atoms with Crippen LogP contribution in [0.3, 0.4) is 0 Å². The molecule has 0 aromatic heterocycles. The number of carbonyl (C=O) groups is 1. The summed E-state index contributed by atoms with van der Waals surface area (Å²) in [6.07, 6.45) is 3.23. The van der Waals surface area contributed by atoms with Gasteiger partial charge in [-0.15, -0.1) is 0 Å². The minimum Gasteiger partial charge on any atom is -0.379 e. The quantitative estimate of drug-likeness (QED) is 0.791. The predicted molar refractivity (Wildman–Crippen MR) is 79.5 cm³/mol. The van der Waals surface area contributed by atoms with E-state index in [4.69, 9.17) is 4.74 Å². The van der Waals surface area contributed by atoms with Crippen molar-refractivity contribution < 1.29 is 9.53 Å². The van der Waals surface area contributed by atoms with Crippen LogP contribution in [0.2, 0.25) is 0 Å². The fourth-order valence-electron chi connectivity index (χ4n) is 3.28. The molecule has 2 saturated heterocycles. The summed E-state index contributed by atoms with van der Waals surface area (Å²) in [6.45, 7) is 11.0. The van der Waals surface area contributed by atoms with Crippen molar-refractivity contribution in [3.8, 4) is 0 Å². The Morgan fingerprint density at radius 1 is 1.35 bits per heavy atom. The molecule has 2 aliphatic rings. The van der Waals surface area contributed by atoms with Gasteiger partial charge >= 0.3 is 0 Å². The second-order valence-electron chi connectivity index (χ2n) is 5.94. The van der Waals surface area contributed by atoms with Crippen LogP contribution >= 0.6 is 0 Å². The highest BCUT2D eigenvalue weighted by Gasteiger charge is 2.40. The van der Waals surface area contributed by atoms with Gasteiger partial charge in [0, 0.05) is 25.7 Å². The topological polar surface area (TPSA) is 44.8 Å². The van der Waals surface area contributed by atoms with Crippen molar-refractivity contribution in [2.75, 3.05) is 32.8 Å². The fourth-order valence-corrected chi connectivity index (χ4v) is 3.28. The van der Waals surface area contributed by atoms with Crippen LogP contribution in [0, 0.1) is 0 Å². The lowest BCUT2D eigenvalue weighted by Crippen LogP contribution is -2.50. The van der Waals surface area contributed by atoms with Crippen LogP contribution in [0.25, 0.3) is 0 Å². The van der Waals surface area contributed by atoms with Crippen LogP contribution in [0.1, 0.15) is 40.0 Å². The summed E-state index contributed by atoms with van der Waals surface area (Å²) in [5, 5.41) is 3.49. The van der Waals surface area contributed by atoms with Crippen LogP contribution in [0.15, 0.2) is 0 Å².